The van der Waals surface area contributed by atoms with E-state index in [1.165, 1.54) is 0 Å². The first-order chi connectivity index (χ1) is 8.86. The molecule has 5 nitrogen and oxygen atoms in total. The second-order valence-electron chi connectivity index (χ2n) is 4.18. The lowest BCUT2D eigenvalue weighted by Crippen LogP contribution is -2.32. The van der Waals surface area contributed by atoms with Crippen LogP contribution in [0.25, 0.3) is 0 Å². The number of hydrogen-bond acceptors (Lipinski definition) is 5. The lowest BCUT2D eigenvalue weighted by atomic mass is 10.4. The van der Waals surface area contributed by atoms with Gasteiger partial charge in [0.1, 0.15) is 0 Å². The molecular formula is C10H12ClF3N4O. The number of alkyl halides is 3. The zero-order valence-corrected chi connectivity index (χ0v) is 10.9. The van der Waals surface area contributed by atoms with E-state index in [1.54, 1.807) is 0 Å². The first-order valence-corrected chi connectivity index (χ1v) is 6.14. The molecule has 0 aromatic carbocycles. The van der Waals surface area contributed by atoms with Gasteiger partial charge in [-0.2, -0.15) is 28.1 Å². The van der Waals surface area contributed by atoms with Gasteiger partial charge >= 0.3 is 12.2 Å². The largest absolute Gasteiger partial charge is 0.451 e. The van der Waals surface area contributed by atoms with Crippen LogP contribution < -0.4 is 9.64 Å². The van der Waals surface area contributed by atoms with Gasteiger partial charge in [0.2, 0.25) is 11.2 Å². The number of anilines is 1. The van der Waals surface area contributed by atoms with Gasteiger partial charge in [-0.1, -0.05) is 0 Å². The molecule has 1 aliphatic heterocycles. The molecule has 1 aliphatic rings. The monoisotopic (exact) mass is 296 g/mol. The molecule has 0 amide bonds. The van der Waals surface area contributed by atoms with E-state index in [4.69, 9.17) is 11.6 Å². The van der Waals surface area contributed by atoms with Crippen LogP contribution in [0.5, 0.6) is 6.01 Å². The van der Waals surface area contributed by atoms with Gasteiger partial charge in [-0.05, 0) is 31.4 Å². The van der Waals surface area contributed by atoms with E-state index < -0.39 is 18.3 Å². The standard InChI is InChI=1S/C10H12ClF3N4O/c1-6(10(12,13)14)19-9-16-7(11)15-8(17-9)18-4-2-3-5-18/h6H,2-5H2,1H3. The number of hydrogen-bond donors (Lipinski definition) is 0. The first-order valence-electron chi connectivity index (χ1n) is 5.76. The van der Waals surface area contributed by atoms with Gasteiger partial charge in [-0.3, -0.25) is 0 Å². The third-order valence-electron chi connectivity index (χ3n) is 2.71. The van der Waals surface area contributed by atoms with Crippen LogP contribution in [0, 0.1) is 0 Å². The number of halogens is 4. The SMILES string of the molecule is CC(Oc1nc(Cl)nc(N2CCCC2)n1)C(F)(F)F. The average molecular weight is 297 g/mol. The quantitative estimate of drug-likeness (QED) is 0.857. The fraction of sp³-hybridized carbons (Fsp3) is 0.700. The van der Waals surface area contributed by atoms with Crippen LogP contribution in [0.15, 0.2) is 0 Å². The molecule has 1 aromatic rings. The highest BCUT2D eigenvalue weighted by atomic mass is 35.5. The Bertz CT molecular complexity index is 451. The second kappa shape index (κ2) is 5.36. The number of nitrogens with zero attached hydrogens (tertiary/aromatic N) is 4. The average Bonchev–Trinajstić information content (AvgIpc) is 2.80. The Kier molecular flexibility index (Phi) is 3.98. The second-order valence-corrected chi connectivity index (χ2v) is 4.52. The lowest BCUT2D eigenvalue weighted by molar-refractivity contribution is -0.190. The molecule has 0 bridgehead atoms. The summed E-state index contributed by atoms with van der Waals surface area (Å²) in [5, 5.41) is -0.179. The Labute approximate surface area is 112 Å². The molecule has 1 fully saturated rings. The maximum atomic E-state index is 12.4. The van der Waals surface area contributed by atoms with Gasteiger partial charge in [-0.25, -0.2) is 0 Å². The third kappa shape index (κ3) is 3.59. The Morgan fingerprint density at radius 3 is 2.42 bits per heavy atom. The van der Waals surface area contributed by atoms with E-state index in [0.717, 1.165) is 32.9 Å². The highest BCUT2D eigenvalue weighted by molar-refractivity contribution is 6.28. The Hall–Kier alpha value is -1.31. The van der Waals surface area contributed by atoms with E-state index in [9.17, 15) is 13.2 Å². The predicted octanol–water partition coefficient (Wildman–Crippen LogP) is 2.45. The Morgan fingerprint density at radius 1 is 1.21 bits per heavy atom. The smallest absolute Gasteiger partial charge is 0.425 e. The topological polar surface area (TPSA) is 51.1 Å². The van der Waals surface area contributed by atoms with E-state index in [2.05, 4.69) is 19.7 Å². The maximum absolute atomic E-state index is 12.4. The van der Waals surface area contributed by atoms with Crippen LogP contribution in [0.4, 0.5) is 19.1 Å². The lowest BCUT2D eigenvalue weighted by Gasteiger charge is -2.18. The molecule has 2 rings (SSSR count). The van der Waals surface area contributed by atoms with E-state index in [1.807, 2.05) is 4.90 Å². The van der Waals surface area contributed by atoms with E-state index >= 15 is 0 Å². The molecule has 1 aromatic heterocycles. The third-order valence-corrected chi connectivity index (χ3v) is 2.88. The summed E-state index contributed by atoms with van der Waals surface area (Å²) in [4.78, 5) is 13.1. The zero-order chi connectivity index (χ0) is 14.0. The predicted molar refractivity (Wildman–Crippen MR) is 62.4 cm³/mol. The molecule has 9 heteroatoms. The molecule has 0 saturated carbocycles. The van der Waals surface area contributed by atoms with Crippen molar-refractivity contribution in [1.29, 1.82) is 0 Å². The first kappa shape index (κ1) is 14.1. The Balaban J connectivity index is 2.17. The molecule has 0 N–H and O–H groups in total. The van der Waals surface area contributed by atoms with E-state index in [-0.39, 0.29) is 11.2 Å². The molecule has 0 spiro atoms. The van der Waals surface area contributed by atoms with Gasteiger partial charge in [0.15, 0.2) is 6.10 Å². The number of rotatable bonds is 3. The van der Waals surface area contributed by atoms with Gasteiger partial charge in [0, 0.05) is 13.1 Å². The van der Waals surface area contributed by atoms with Crippen LogP contribution in [0.2, 0.25) is 5.28 Å². The zero-order valence-electron chi connectivity index (χ0n) is 10.1. The van der Waals surface area contributed by atoms with Crippen molar-refractivity contribution in [3.05, 3.63) is 5.28 Å². The van der Waals surface area contributed by atoms with Gasteiger partial charge < -0.3 is 9.64 Å². The fourth-order valence-corrected chi connectivity index (χ4v) is 1.81. The molecular weight excluding hydrogens is 285 g/mol. The van der Waals surface area contributed by atoms with Crippen LogP contribution in [0.3, 0.4) is 0 Å². The van der Waals surface area contributed by atoms with E-state index in [0.29, 0.717) is 0 Å². The van der Waals surface area contributed by atoms with Crippen molar-refractivity contribution >= 4 is 17.5 Å². The van der Waals surface area contributed by atoms with Crippen LogP contribution >= 0.6 is 11.6 Å². The minimum atomic E-state index is -4.48. The van der Waals surface area contributed by atoms with Crippen molar-refractivity contribution in [2.45, 2.75) is 32.0 Å². The minimum Gasteiger partial charge on any atom is -0.451 e. The van der Waals surface area contributed by atoms with Crippen LogP contribution in [-0.2, 0) is 0 Å². The summed E-state index contributed by atoms with van der Waals surface area (Å²) in [7, 11) is 0. The van der Waals surface area contributed by atoms with Crippen molar-refractivity contribution in [3.63, 3.8) is 0 Å². The normalized spacial score (nSPS) is 17.6. The molecule has 106 valence electrons. The van der Waals surface area contributed by atoms with Crippen LogP contribution in [-0.4, -0.2) is 40.3 Å². The molecule has 1 atom stereocenters. The molecule has 0 radical (unpaired) electrons. The summed E-state index contributed by atoms with van der Waals surface area (Å²) in [5.74, 6) is 0.252. The van der Waals surface area contributed by atoms with Crippen molar-refractivity contribution in [2.24, 2.45) is 0 Å². The number of ether oxygens (including phenoxy) is 1. The molecule has 2 heterocycles. The fourth-order valence-electron chi connectivity index (χ4n) is 1.66. The Morgan fingerprint density at radius 2 is 1.84 bits per heavy atom. The highest BCUT2D eigenvalue weighted by Gasteiger charge is 2.38. The van der Waals surface area contributed by atoms with Gasteiger partial charge in [0.05, 0.1) is 0 Å². The summed E-state index contributed by atoms with van der Waals surface area (Å²) in [6, 6.07) is -0.410. The number of aromatic nitrogens is 3. The van der Waals surface area contributed by atoms with Gasteiger partial charge in [0.25, 0.3) is 0 Å². The summed E-state index contributed by atoms with van der Waals surface area (Å²) in [6.07, 6.45) is -4.51. The minimum absolute atomic E-state index is 0.179. The van der Waals surface area contributed by atoms with Crippen molar-refractivity contribution in [1.82, 2.24) is 15.0 Å². The van der Waals surface area contributed by atoms with Crippen molar-refractivity contribution < 1.29 is 17.9 Å². The van der Waals surface area contributed by atoms with Crippen molar-refractivity contribution in [2.75, 3.05) is 18.0 Å². The summed E-state index contributed by atoms with van der Waals surface area (Å²) in [6.45, 7) is 2.37. The highest BCUT2D eigenvalue weighted by Crippen LogP contribution is 2.25. The maximum Gasteiger partial charge on any atom is 0.425 e. The summed E-state index contributed by atoms with van der Waals surface area (Å²) in [5.41, 5.74) is 0. The molecule has 19 heavy (non-hydrogen) atoms. The molecule has 0 aliphatic carbocycles. The molecule has 1 saturated heterocycles. The summed E-state index contributed by atoms with van der Waals surface area (Å²) >= 11 is 5.68. The summed E-state index contributed by atoms with van der Waals surface area (Å²) < 4.78 is 41.9. The van der Waals surface area contributed by atoms with Gasteiger partial charge in [-0.15, -0.1) is 0 Å². The van der Waals surface area contributed by atoms with Crippen LogP contribution in [0.1, 0.15) is 19.8 Å². The van der Waals surface area contributed by atoms with Crippen molar-refractivity contribution in [3.8, 4) is 6.01 Å². The molecule has 1 unspecified atom stereocenters.